The summed E-state index contributed by atoms with van der Waals surface area (Å²) < 4.78 is 214. The van der Waals surface area contributed by atoms with Gasteiger partial charge in [0.2, 0.25) is 0 Å². The first-order chi connectivity index (χ1) is 28.8. The molecule has 0 aliphatic rings. The van der Waals surface area contributed by atoms with Crippen LogP contribution in [0.25, 0.3) is 44.2 Å². The highest BCUT2D eigenvalue weighted by Gasteiger charge is 2.18. The Morgan fingerprint density at radius 1 is 0.474 bits per heavy atom. The number of hydrogen-bond donors (Lipinski definition) is 0. The van der Waals surface area contributed by atoms with Gasteiger partial charge >= 0.3 is 0 Å². The molecule has 7 rings (SSSR count). The average Bonchev–Trinajstić information content (AvgIpc) is 3.65. The molecule has 0 aliphatic carbocycles. The van der Waals surface area contributed by atoms with E-state index < -0.39 is 206 Å². The molecule has 0 bridgehead atoms. The van der Waals surface area contributed by atoms with Gasteiger partial charge in [0, 0.05) is 27.7 Å². The molecule has 1 heterocycles. The zero-order valence-electron chi connectivity index (χ0n) is 42.9. The quantitative estimate of drug-likeness (QED) is 0.228. The fraction of sp³-hybridized carbons (Fsp3) is 0. The van der Waals surface area contributed by atoms with Gasteiger partial charge < -0.3 is 9.32 Å². The molecule has 0 atom stereocenters. The second kappa shape index (κ2) is 9.42. The van der Waals surface area contributed by atoms with Gasteiger partial charge in [-0.15, -0.1) is 0 Å². The molecule has 7 aromatic rings. The van der Waals surface area contributed by atoms with E-state index in [1.54, 1.807) is 0 Å². The molecule has 0 saturated heterocycles. The van der Waals surface area contributed by atoms with Crippen molar-refractivity contribution in [1.29, 1.82) is 0 Å². The molecule has 2 nitrogen and oxygen atoms in total. The summed E-state index contributed by atoms with van der Waals surface area (Å²) in [5.74, 6) is 0. The van der Waals surface area contributed by atoms with Crippen LogP contribution in [-0.4, -0.2) is 0 Å². The number of fused-ring (bicyclic) bond motifs is 3. The van der Waals surface area contributed by atoms with Crippen molar-refractivity contribution in [2.45, 2.75) is 0 Å². The van der Waals surface area contributed by atoms with E-state index >= 15 is 0 Å². The third-order valence-corrected chi connectivity index (χ3v) is 5.40. The number of furan rings is 1. The molecular weight excluding hydrogens is 462 g/mol. The molecule has 0 saturated carbocycles. The van der Waals surface area contributed by atoms with Crippen LogP contribution in [0.3, 0.4) is 0 Å². The monoisotopic (exact) mass is 511 g/mol. The molecule has 0 N–H and O–H groups in total. The first-order valence-electron chi connectivity index (χ1n) is 22.9. The largest absolute Gasteiger partial charge is 0.456 e. The Kier molecular flexibility index (Phi) is 2.10. The van der Waals surface area contributed by atoms with Crippen molar-refractivity contribution in [3.63, 3.8) is 0 Å². The zero-order chi connectivity index (χ0) is 46.2. The van der Waals surface area contributed by atoms with Crippen molar-refractivity contribution in [1.82, 2.24) is 0 Å². The number of nitrogens with zero attached hydrogens (tertiary/aromatic N) is 1. The fourth-order valence-corrected chi connectivity index (χ4v) is 3.76. The Morgan fingerprint density at radius 3 is 1.95 bits per heavy atom. The Morgan fingerprint density at radius 2 is 1.11 bits per heavy atom. The van der Waals surface area contributed by atoms with Crippen LogP contribution in [0.2, 0.25) is 0 Å². The second-order valence-electron chi connectivity index (χ2n) is 7.59. The third-order valence-electron chi connectivity index (χ3n) is 5.40. The summed E-state index contributed by atoms with van der Waals surface area (Å²) in [7, 11) is 0. The molecule has 0 unspecified atom stereocenters. The smallest absolute Gasteiger partial charge is 0.135 e. The second-order valence-corrected chi connectivity index (χ2v) is 7.59. The Balaban J connectivity index is 1.76. The maximum Gasteiger partial charge on any atom is 0.135 e. The molecule has 180 valence electrons. The van der Waals surface area contributed by atoms with Crippen molar-refractivity contribution >= 4 is 39.0 Å². The summed E-state index contributed by atoms with van der Waals surface area (Å²) in [6, 6.07) is -21.2. The van der Waals surface area contributed by atoms with Gasteiger partial charge in [0.25, 0.3) is 0 Å². The molecule has 0 spiro atoms. The molecule has 0 amide bonds. The van der Waals surface area contributed by atoms with Crippen LogP contribution in [0.5, 0.6) is 0 Å². The number of hydrogen-bond acceptors (Lipinski definition) is 2. The molecule has 38 heavy (non-hydrogen) atoms. The first-order valence-corrected chi connectivity index (χ1v) is 10.9. The molecular formula is C36H25NO. The lowest BCUT2D eigenvalue weighted by molar-refractivity contribution is 0.669. The van der Waals surface area contributed by atoms with Gasteiger partial charge in [-0.05, 0) is 59.0 Å². The van der Waals surface area contributed by atoms with Gasteiger partial charge in [-0.2, -0.15) is 0 Å². The van der Waals surface area contributed by atoms with E-state index in [0.29, 0.717) is 4.90 Å². The van der Waals surface area contributed by atoms with E-state index in [4.69, 9.17) is 31.8 Å². The molecule has 0 radical (unpaired) electrons. The summed E-state index contributed by atoms with van der Waals surface area (Å²) in [5.41, 5.74) is -6.84. The Labute approximate surface area is 255 Å². The van der Waals surface area contributed by atoms with Gasteiger partial charge in [-0.1, -0.05) is 109 Å². The lowest BCUT2D eigenvalue weighted by atomic mass is 10.0. The van der Waals surface area contributed by atoms with E-state index in [-0.39, 0.29) is 0 Å². The van der Waals surface area contributed by atoms with Crippen molar-refractivity contribution < 1.29 is 37.3 Å². The predicted octanol–water partition coefficient (Wildman–Crippen LogP) is 10.4. The topological polar surface area (TPSA) is 16.4 Å². The molecule has 1 aromatic heterocycles. The minimum absolute atomic E-state index is 0.462. The van der Waals surface area contributed by atoms with Crippen LogP contribution in [0.1, 0.15) is 32.9 Å². The van der Waals surface area contributed by atoms with Crippen molar-refractivity contribution in [2.24, 2.45) is 0 Å². The zero-order valence-corrected chi connectivity index (χ0v) is 18.9. The highest BCUT2D eigenvalue weighted by atomic mass is 16.3. The number of rotatable bonds is 5. The normalized spacial score (nSPS) is 20.0. The highest BCUT2D eigenvalue weighted by Crippen LogP contribution is 2.43. The van der Waals surface area contributed by atoms with E-state index in [1.165, 1.54) is 0 Å². The molecule has 6 aromatic carbocycles. The maximum atomic E-state index is 9.58. The van der Waals surface area contributed by atoms with Crippen LogP contribution in [-0.2, 0) is 0 Å². The minimum atomic E-state index is -1.09. The molecule has 0 aliphatic heterocycles. The summed E-state index contributed by atoms with van der Waals surface area (Å²) in [5, 5.41) is -0.992. The number of anilines is 3. The summed E-state index contributed by atoms with van der Waals surface area (Å²) in [4.78, 5) is 0.560. The van der Waals surface area contributed by atoms with Gasteiger partial charge in [-0.3, -0.25) is 0 Å². The maximum absolute atomic E-state index is 9.58. The molecule has 2 heteroatoms. The summed E-state index contributed by atoms with van der Waals surface area (Å²) in [6.45, 7) is 0. The van der Waals surface area contributed by atoms with Crippen LogP contribution in [0.15, 0.2) is 156 Å². The Hall–Kier alpha value is -5.08. The van der Waals surface area contributed by atoms with Crippen LogP contribution < -0.4 is 4.90 Å². The van der Waals surface area contributed by atoms with Crippen LogP contribution >= 0.6 is 0 Å². The van der Waals surface area contributed by atoms with Gasteiger partial charge in [0.05, 0.1) is 38.6 Å². The van der Waals surface area contributed by atoms with Gasteiger partial charge in [0.1, 0.15) is 11.2 Å². The van der Waals surface area contributed by atoms with E-state index in [2.05, 4.69) is 0 Å². The Bertz CT molecular complexity index is 3140. The summed E-state index contributed by atoms with van der Waals surface area (Å²) >= 11 is 0. The number of para-hydroxylation sites is 2. The van der Waals surface area contributed by atoms with Gasteiger partial charge in [0.15, 0.2) is 0 Å². The van der Waals surface area contributed by atoms with Crippen LogP contribution in [0.4, 0.5) is 17.1 Å². The van der Waals surface area contributed by atoms with E-state index in [9.17, 15) is 5.48 Å². The standard InChI is InChI=1S/C36H25NO/c1-3-11-26(12-4-1)27-19-21-29(22-20-27)37(34-17-9-7-15-31(34)28-13-5-2-6-14-28)30-23-24-36-33(25-30)32-16-8-10-18-35(32)38-36/h1-25H/i1D,2D,3D,4D,5D,6D,7D,8D,9D,10D,11D,12D,13D,14D,15D,16D,17D,18D,19D,20D,21D,23D,24D,25D. The number of benzene rings is 6. The first kappa shape index (κ1) is 8.47. The molecule has 0 fully saturated rings. The lowest BCUT2D eigenvalue weighted by Gasteiger charge is -2.28. The summed E-state index contributed by atoms with van der Waals surface area (Å²) in [6.07, 6.45) is 0. The van der Waals surface area contributed by atoms with Crippen LogP contribution in [0, 0.1) is 0 Å². The minimum Gasteiger partial charge on any atom is -0.456 e. The highest BCUT2D eigenvalue weighted by molar-refractivity contribution is 6.06. The van der Waals surface area contributed by atoms with Crippen molar-refractivity contribution in [3.05, 3.63) is 151 Å². The van der Waals surface area contributed by atoms with E-state index in [1.807, 2.05) is 0 Å². The van der Waals surface area contributed by atoms with Gasteiger partial charge in [-0.25, -0.2) is 0 Å². The van der Waals surface area contributed by atoms with Crippen molar-refractivity contribution in [3.8, 4) is 22.3 Å². The third kappa shape index (κ3) is 3.93. The average molecular weight is 512 g/mol. The lowest BCUT2D eigenvalue weighted by Crippen LogP contribution is -2.11. The fourth-order valence-electron chi connectivity index (χ4n) is 3.76. The SMILES string of the molecule is [2H]c1cc(N(c2c([2H])c([2H])c([2H])c([2H])c2-c2c([2H])c([2H])c([2H])c([2H])c2[2H])c2c([2H])c([2H])c3oc4c([2H])c([2H])c([2H])c([2H])c4c3c2[2H])c([2H])c([2H])c1-c1c([2H])c([2H])c([2H])c([2H])c1[2H]. The predicted molar refractivity (Wildman–Crippen MR) is 159 cm³/mol. The van der Waals surface area contributed by atoms with Crippen molar-refractivity contribution in [2.75, 3.05) is 4.90 Å². The van der Waals surface area contributed by atoms with E-state index in [0.717, 1.165) is 6.07 Å².